The highest BCUT2D eigenvalue weighted by atomic mass is 19.1. The Kier molecular flexibility index (Phi) is 6.24. The van der Waals surface area contributed by atoms with E-state index in [0.717, 1.165) is 44.1 Å². The summed E-state index contributed by atoms with van der Waals surface area (Å²) in [4.78, 5) is 23.0. The first kappa shape index (κ1) is 19.1. The average molecular weight is 371 g/mol. The largest absolute Gasteiger partial charge is 0.368 e. The van der Waals surface area contributed by atoms with Crippen LogP contribution >= 0.6 is 0 Å². The molecule has 1 aliphatic heterocycles. The maximum Gasteiger partial charge on any atom is 0.252 e. The van der Waals surface area contributed by atoms with Crippen LogP contribution in [0.1, 0.15) is 10.4 Å². The van der Waals surface area contributed by atoms with E-state index >= 15 is 0 Å². The number of aromatic nitrogens is 1. The number of hydrogen-bond donors (Lipinski definition) is 1. The van der Waals surface area contributed by atoms with E-state index in [1.165, 1.54) is 12.1 Å². The fraction of sp³-hybridized carbons (Fsp3) is 0.400. The zero-order valence-electron chi connectivity index (χ0n) is 15.9. The van der Waals surface area contributed by atoms with E-state index < -0.39 is 0 Å². The Morgan fingerprint density at radius 1 is 1.07 bits per heavy atom. The summed E-state index contributed by atoms with van der Waals surface area (Å²) in [6.07, 6.45) is 3.40. The van der Waals surface area contributed by atoms with Gasteiger partial charge in [-0.2, -0.15) is 0 Å². The van der Waals surface area contributed by atoms with Crippen molar-refractivity contribution >= 4 is 17.3 Å². The van der Waals surface area contributed by atoms with Gasteiger partial charge in [-0.3, -0.25) is 9.78 Å². The molecule has 144 valence electrons. The lowest BCUT2D eigenvalue weighted by Gasteiger charge is -2.37. The number of nitrogens with zero attached hydrogens (tertiary/aromatic N) is 4. The number of benzene rings is 1. The van der Waals surface area contributed by atoms with Crippen molar-refractivity contribution in [2.75, 3.05) is 63.2 Å². The van der Waals surface area contributed by atoms with Gasteiger partial charge in [-0.05, 0) is 44.4 Å². The summed E-state index contributed by atoms with van der Waals surface area (Å²) in [5, 5.41) is 2.92. The summed E-state index contributed by atoms with van der Waals surface area (Å²) in [5.41, 5.74) is 2.56. The normalized spacial score (nSPS) is 14.5. The van der Waals surface area contributed by atoms with Crippen LogP contribution in [0.3, 0.4) is 0 Å². The molecule has 2 aromatic rings. The molecule has 0 bridgehead atoms. The number of carbonyl (C=O) groups is 1. The summed E-state index contributed by atoms with van der Waals surface area (Å²) < 4.78 is 13.1. The molecule has 0 atom stereocenters. The third-order valence-corrected chi connectivity index (χ3v) is 4.67. The van der Waals surface area contributed by atoms with E-state index in [-0.39, 0.29) is 11.7 Å². The van der Waals surface area contributed by atoms with Crippen LogP contribution < -0.4 is 15.1 Å². The number of piperazine rings is 1. The Balaban J connectivity index is 1.58. The molecule has 2 heterocycles. The number of carbonyl (C=O) groups excluding carboxylic acids is 1. The SMILES string of the molecule is CN(C)CCNC(=O)c1cncc(N2CCN(c3ccc(F)cc3)CC2)c1. The van der Waals surface area contributed by atoms with E-state index in [0.29, 0.717) is 12.1 Å². The van der Waals surface area contributed by atoms with Crippen molar-refractivity contribution in [1.82, 2.24) is 15.2 Å². The molecule has 27 heavy (non-hydrogen) atoms. The first-order chi connectivity index (χ1) is 13.0. The van der Waals surface area contributed by atoms with Gasteiger partial charge in [0.25, 0.3) is 5.91 Å². The van der Waals surface area contributed by atoms with Crippen LogP contribution in [0.4, 0.5) is 15.8 Å². The highest BCUT2D eigenvalue weighted by Gasteiger charge is 2.19. The van der Waals surface area contributed by atoms with Crippen molar-refractivity contribution < 1.29 is 9.18 Å². The van der Waals surface area contributed by atoms with Crippen LogP contribution in [0, 0.1) is 5.82 Å². The Morgan fingerprint density at radius 3 is 2.33 bits per heavy atom. The Morgan fingerprint density at radius 2 is 1.70 bits per heavy atom. The second-order valence-corrected chi connectivity index (χ2v) is 6.94. The van der Waals surface area contributed by atoms with Crippen molar-refractivity contribution in [2.24, 2.45) is 0 Å². The molecule has 0 unspecified atom stereocenters. The molecule has 1 aromatic heterocycles. The Bertz CT molecular complexity index is 757. The maximum absolute atomic E-state index is 13.1. The minimum atomic E-state index is -0.218. The molecular weight excluding hydrogens is 345 g/mol. The van der Waals surface area contributed by atoms with E-state index in [1.807, 2.05) is 37.2 Å². The highest BCUT2D eigenvalue weighted by molar-refractivity contribution is 5.94. The predicted octanol–water partition coefficient (Wildman–Crippen LogP) is 1.84. The number of likely N-dealkylation sites (N-methyl/N-ethyl adjacent to an activating group) is 1. The molecule has 0 aliphatic carbocycles. The van der Waals surface area contributed by atoms with E-state index in [9.17, 15) is 9.18 Å². The van der Waals surface area contributed by atoms with Crippen molar-refractivity contribution in [3.63, 3.8) is 0 Å². The molecule has 1 saturated heterocycles. The molecule has 3 rings (SSSR count). The molecule has 1 aliphatic rings. The van der Waals surface area contributed by atoms with Gasteiger partial charge in [-0.15, -0.1) is 0 Å². The number of pyridine rings is 1. The third kappa shape index (κ3) is 5.17. The van der Waals surface area contributed by atoms with Gasteiger partial charge in [0.2, 0.25) is 0 Å². The summed E-state index contributed by atoms with van der Waals surface area (Å²) in [7, 11) is 3.94. The number of halogens is 1. The molecule has 6 nitrogen and oxygen atoms in total. The van der Waals surface area contributed by atoms with Crippen molar-refractivity contribution in [3.05, 3.63) is 54.1 Å². The number of amides is 1. The second-order valence-electron chi connectivity index (χ2n) is 6.94. The molecule has 0 saturated carbocycles. The van der Waals surface area contributed by atoms with Crippen molar-refractivity contribution in [2.45, 2.75) is 0 Å². The monoisotopic (exact) mass is 371 g/mol. The lowest BCUT2D eigenvalue weighted by atomic mass is 10.2. The smallest absolute Gasteiger partial charge is 0.252 e. The zero-order chi connectivity index (χ0) is 19.2. The molecule has 0 radical (unpaired) electrons. The minimum absolute atomic E-state index is 0.101. The molecule has 1 N–H and O–H groups in total. The van der Waals surface area contributed by atoms with Gasteiger partial charge in [-0.25, -0.2) is 4.39 Å². The quantitative estimate of drug-likeness (QED) is 0.840. The van der Waals surface area contributed by atoms with Gasteiger partial charge in [0.1, 0.15) is 5.82 Å². The topological polar surface area (TPSA) is 51.7 Å². The second kappa shape index (κ2) is 8.81. The zero-order valence-corrected chi connectivity index (χ0v) is 15.9. The average Bonchev–Trinajstić information content (AvgIpc) is 2.68. The van der Waals surface area contributed by atoms with Crippen LogP contribution in [0.5, 0.6) is 0 Å². The molecule has 7 heteroatoms. The third-order valence-electron chi connectivity index (χ3n) is 4.67. The van der Waals surface area contributed by atoms with Gasteiger partial charge in [0.15, 0.2) is 0 Å². The summed E-state index contributed by atoms with van der Waals surface area (Å²) in [5.74, 6) is -0.319. The van der Waals surface area contributed by atoms with Gasteiger partial charge >= 0.3 is 0 Å². The van der Waals surface area contributed by atoms with Gasteiger partial charge in [-0.1, -0.05) is 0 Å². The van der Waals surface area contributed by atoms with Crippen LogP contribution in [0.25, 0.3) is 0 Å². The van der Waals surface area contributed by atoms with Crippen LogP contribution in [-0.4, -0.2) is 69.2 Å². The van der Waals surface area contributed by atoms with E-state index in [2.05, 4.69) is 20.1 Å². The Hall–Kier alpha value is -2.67. The first-order valence-electron chi connectivity index (χ1n) is 9.16. The van der Waals surface area contributed by atoms with Crippen molar-refractivity contribution in [3.8, 4) is 0 Å². The van der Waals surface area contributed by atoms with Crippen LogP contribution in [0.2, 0.25) is 0 Å². The summed E-state index contributed by atoms with van der Waals surface area (Å²) in [6, 6.07) is 8.50. The van der Waals surface area contributed by atoms with E-state index in [1.54, 1.807) is 12.4 Å². The molecule has 0 spiro atoms. The lowest BCUT2D eigenvalue weighted by molar-refractivity contribution is 0.0950. The highest BCUT2D eigenvalue weighted by Crippen LogP contribution is 2.21. The number of nitrogens with one attached hydrogen (secondary N) is 1. The molecule has 1 fully saturated rings. The molecule has 1 amide bonds. The fourth-order valence-corrected chi connectivity index (χ4v) is 3.09. The lowest BCUT2D eigenvalue weighted by Crippen LogP contribution is -2.46. The van der Waals surface area contributed by atoms with Gasteiger partial charge in [0.05, 0.1) is 17.4 Å². The number of anilines is 2. The minimum Gasteiger partial charge on any atom is -0.368 e. The van der Waals surface area contributed by atoms with Crippen molar-refractivity contribution in [1.29, 1.82) is 0 Å². The van der Waals surface area contributed by atoms with Gasteiger partial charge < -0.3 is 20.0 Å². The van der Waals surface area contributed by atoms with Crippen LogP contribution in [-0.2, 0) is 0 Å². The fourth-order valence-electron chi connectivity index (χ4n) is 3.09. The molecule has 1 aromatic carbocycles. The summed E-state index contributed by atoms with van der Waals surface area (Å²) >= 11 is 0. The first-order valence-corrected chi connectivity index (χ1v) is 9.16. The number of hydrogen-bond acceptors (Lipinski definition) is 5. The van der Waals surface area contributed by atoms with Crippen LogP contribution in [0.15, 0.2) is 42.7 Å². The standard InChI is InChI=1S/C20H26FN5O/c1-24(2)8-7-23-20(27)16-13-19(15-22-14-16)26-11-9-25(10-12-26)18-5-3-17(21)4-6-18/h3-6,13-15H,7-12H2,1-2H3,(H,23,27). The Labute approximate surface area is 159 Å². The maximum atomic E-state index is 13.1. The number of rotatable bonds is 6. The predicted molar refractivity (Wildman–Crippen MR) is 106 cm³/mol. The van der Waals surface area contributed by atoms with E-state index in [4.69, 9.17) is 0 Å². The summed E-state index contributed by atoms with van der Waals surface area (Å²) in [6.45, 7) is 4.72. The van der Waals surface area contributed by atoms with Gasteiger partial charge in [0, 0.05) is 51.2 Å². The molecular formula is C20H26FN5O.